The summed E-state index contributed by atoms with van der Waals surface area (Å²) in [7, 11) is 1.35. The number of alkyl carbamates (subject to hydrolysis) is 1. The Balaban J connectivity index is 2.90. The number of carbonyl (C=O) groups is 2. The van der Waals surface area contributed by atoms with Crippen LogP contribution in [0, 0.1) is 5.92 Å². The lowest BCUT2D eigenvalue weighted by Crippen LogP contribution is -2.55. The summed E-state index contributed by atoms with van der Waals surface area (Å²) in [6.45, 7) is 9.97. The number of carbonyl (C=O) groups excluding carboxylic acids is 2. The van der Waals surface area contributed by atoms with Gasteiger partial charge < -0.3 is 14.8 Å². The minimum atomic E-state index is -0.671. The van der Waals surface area contributed by atoms with E-state index in [9.17, 15) is 9.59 Å². The van der Waals surface area contributed by atoms with E-state index < -0.39 is 29.7 Å². The topological polar surface area (TPSA) is 76.7 Å². The van der Waals surface area contributed by atoms with Gasteiger partial charge in [-0.3, -0.25) is 10.1 Å². The molecule has 0 aliphatic heterocycles. The smallest absolute Gasteiger partial charge is 0.407 e. The third-order valence-corrected chi connectivity index (χ3v) is 3.65. The number of amides is 1. The molecule has 1 aromatic carbocycles. The maximum atomic E-state index is 12.3. The Hall–Kier alpha value is -2.08. The monoisotopic (exact) mass is 364 g/mol. The number of hydrogen-bond donors (Lipinski definition) is 2. The predicted octanol–water partition coefficient (Wildman–Crippen LogP) is 3.26. The summed E-state index contributed by atoms with van der Waals surface area (Å²) in [5, 5.41) is 6.05. The van der Waals surface area contributed by atoms with E-state index >= 15 is 0 Å². The van der Waals surface area contributed by atoms with Crippen LogP contribution < -0.4 is 10.6 Å². The molecule has 0 bridgehead atoms. The molecular formula is C20H32N2O4. The number of nitrogens with one attached hydrogen (secondary N) is 2. The summed E-state index contributed by atoms with van der Waals surface area (Å²) >= 11 is 0. The number of esters is 1. The molecule has 0 unspecified atom stereocenters. The molecule has 2 atom stereocenters. The molecular weight excluding hydrogens is 332 g/mol. The predicted molar refractivity (Wildman–Crippen MR) is 102 cm³/mol. The minimum absolute atomic E-state index is 0.278. The highest BCUT2D eigenvalue weighted by atomic mass is 16.6. The Bertz CT molecular complexity index is 567. The first kappa shape index (κ1) is 22.0. The highest BCUT2D eigenvalue weighted by Gasteiger charge is 2.32. The SMILES string of the molecule is COC(=O)[C@H](NCc1ccccc1)[C@H](CC(C)C)NC(=O)OC(C)(C)C. The fourth-order valence-corrected chi connectivity index (χ4v) is 2.59. The molecule has 0 aliphatic rings. The fraction of sp³-hybridized carbons (Fsp3) is 0.600. The van der Waals surface area contributed by atoms with Crippen LogP contribution in [-0.2, 0) is 20.8 Å². The second-order valence-electron chi connectivity index (χ2n) is 7.75. The summed E-state index contributed by atoms with van der Waals surface area (Å²) in [6.07, 6.45) is 0.0689. The number of hydrogen-bond acceptors (Lipinski definition) is 5. The van der Waals surface area contributed by atoms with E-state index in [4.69, 9.17) is 9.47 Å². The fourth-order valence-electron chi connectivity index (χ4n) is 2.59. The molecule has 1 amide bonds. The van der Waals surface area contributed by atoms with E-state index in [2.05, 4.69) is 10.6 Å². The van der Waals surface area contributed by atoms with Crippen molar-refractivity contribution in [1.82, 2.24) is 10.6 Å². The zero-order valence-electron chi connectivity index (χ0n) is 16.7. The molecule has 2 N–H and O–H groups in total. The Morgan fingerprint density at radius 1 is 1.12 bits per heavy atom. The van der Waals surface area contributed by atoms with Crippen LogP contribution in [0.3, 0.4) is 0 Å². The van der Waals surface area contributed by atoms with Crippen molar-refractivity contribution in [1.29, 1.82) is 0 Å². The number of benzene rings is 1. The quantitative estimate of drug-likeness (QED) is 0.693. The van der Waals surface area contributed by atoms with Crippen LogP contribution >= 0.6 is 0 Å². The van der Waals surface area contributed by atoms with E-state index in [1.165, 1.54) is 7.11 Å². The van der Waals surface area contributed by atoms with Gasteiger partial charge in [-0.05, 0) is 38.7 Å². The normalized spacial score (nSPS) is 13.8. The molecule has 6 heteroatoms. The molecule has 0 aliphatic carbocycles. The van der Waals surface area contributed by atoms with Crippen LogP contribution in [0.25, 0.3) is 0 Å². The summed E-state index contributed by atoms with van der Waals surface area (Å²) in [6, 6.07) is 8.65. The maximum Gasteiger partial charge on any atom is 0.407 e. The van der Waals surface area contributed by atoms with Gasteiger partial charge in [0, 0.05) is 6.54 Å². The average Bonchev–Trinajstić information content (AvgIpc) is 2.53. The third-order valence-electron chi connectivity index (χ3n) is 3.65. The first-order valence-electron chi connectivity index (χ1n) is 8.97. The summed E-state index contributed by atoms with van der Waals surface area (Å²) < 4.78 is 10.3. The molecule has 0 heterocycles. The molecule has 0 radical (unpaired) electrons. The Morgan fingerprint density at radius 2 is 1.73 bits per heavy atom. The van der Waals surface area contributed by atoms with E-state index in [0.29, 0.717) is 13.0 Å². The van der Waals surface area contributed by atoms with Crippen molar-refractivity contribution in [2.24, 2.45) is 5.92 Å². The third kappa shape index (κ3) is 8.34. The van der Waals surface area contributed by atoms with Gasteiger partial charge in [-0.25, -0.2) is 4.79 Å². The van der Waals surface area contributed by atoms with Crippen molar-refractivity contribution < 1.29 is 19.1 Å². The van der Waals surface area contributed by atoms with Gasteiger partial charge in [0.2, 0.25) is 0 Å². The van der Waals surface area contributed by atoms with E-state index in [1.54, 1.807) is 20.8 Å². The average molecular weight is 364 g/mol. The van der Waals surface area contributed by atoms with E-state index in [-0.39, 0.29) is 5.92 Å². The lowest BCUT2D eigenvalue weighted by Gasteiger charge is -2.29. The summed E-state index contributed by atoms with van der Waals surface area (Å²) in [4.78, 5) is 24.6. The van der Waals surface area contributed by atoms with Crippen molar-refractivity contribution >= 4 is 12.1 Å². The highest BCUT2D eigenvalue weighted by Crippen LogP contribution is 2.13. The number of methoxy groups -OCH3 is 1. The second kappa shape index (κ2) is 10.2. The van der Waals surface area contributed by atoms with Crippen LogP contribution in [0.2, 0.25) is 0 Å². The van der Waals surface area contributed by atoms with Gasteiger partial charge in [0.25, 0.3) is 0 Å². The van der Waals surface area contributed by atoms with Crippen LogP contribution in [0.5, 0.6) is 0 Å². The highest BCUT2D eigenvalue weighted by molar-refractivity contribution is 5.78. The first-order valence-corrected chi connectivity index (χ1v) is 8.97. The van der Waals surface area contributed by atoms with Crippen molar-refractivity contribution in [2.75, 3.05) is 7.11 Å². The van der Waals surface area contributed by atoms with Crippen molar-refractivity contribution in [2.45, 2.75) is 65.3 Å². The maximum absolute atomic E-state index is 12.3. The molecule has 0 fully saturated rings. The molecule has 6 nitrogen and oxygen atoms in total. The van der Waals surface area contributed by atoms with Gasteiger partial charge in [-0.1, -0.05) is 44.2 Å². The molecule has 0 saturated heterocycles. The van der Waals surface area contributed by atoms with Gasteiger partial charge in [-0.2, -0.15) is 0 Å². The number of ether oxygens (including phenoxy) is 2. The van der Waals surface area contributed by atoms with Gasteiger partial charge in [-0.15, -0.1) is 0 Å². The molecule has 0 aromatic heterocycles. The van der Waals surface area contributed by atoms with Crippen LogP contribution in [-0.4, -0.2) is 36.9 Å². The number of rotatable bonds is 8. The molecule has 0 spiro atoms. The minimum Gasteiger partial charge on any atom is -0.468 e. The molecule has 26 heavy (non-hydrogen) atoms. The zero-order valence-corrected chi connectivity index (χ0v) is 16.7. The van der Waals surface area contributed by atoms with Crippen molar-refractivity contribution in [3.63, 3.8) is 0 Å². The Kier molecular flexibility index (Phi) is 8.58. The van der Waals surface area contributed by atoms with Gasteiger partial charge in [0.05, 0.1) is 13.2 Å². The molecule has 0 saturated carbocycles. The molecule has 1 rings (SSSR count). The van der Waals surface area contributed by atoms with Gasteiger partial charge in [0.1, 0.15) is 11.6 Å². The van der Waals surface area contributed by atoms with Gasteiger partial charge in [0.15, 0.2) is 0 Å². The van der Waals surface area contributed by atoms with Crippen LogP contribution in [0.1, 0.15) is 46.6 Å². The molecule has 1 aromatic rings. The lowest BCUT2D eigenvalue weighted by molar-refractivity contribution is -0.144. The van der Waals surface area contributed by atoms with Crippen LogP contribution in [0.4, 0.5) is 4.79 Å². The van der Waals surface area contributed by atoms with Crippen molar-refractivity contribution in [3.8, 4) is 0 Å². The van der Waals surface area contributed by atoms with E-state index in [1.807, 2.05) is 44.2 Å². The first-order chi connectivity index (χ1) is 12.1. The summed E-state index contributed by atoms with van der Waals surface area (Å²) in [5.74, 6) is -0.136. The lowest BCUT2D eigenvalue weighted by atomic mass is 9.97. The molecule has 146 valence electrons. The van der Waals surface area contributed by atoms with Gasteiger partial charge >= 0.3 is 12.1 Å². The Morgan fingerprint density at radius 3 is 2.23 bits per heavy atom. The standard InChI is InChI=1S/C20H32N2O4/c1-14(2)12-16(22-19(24)26-20(3,4)5)17(18(23)25-6)21-13-15-10-8-7-9-11-15/h7-11,14,16-17,21H,12-13H2,1-6H3,(H,22,24)/t16-,17+/m0/s1. The zero-order chi connectivity index (χ0) is 19.7. The Labute approximate surface area is 156 Å². The van der Waals surface area contributed by atoms with Crippen molar-refractivity contribution in [3.05, 3.63) is 35.9 Å². The largest absolute Gasteiger partial charge is 0.468 e. The van der Waals surface area contributed by atoms with E-state index in [0.717, 1.165) is 5.56 Å². The summed E-state index contributed by atoms with van der Waals surface area (Å²) in [5.41, 5.74) is 0.437. The van der Waals surface area contributed by atoms with Crippen LogP contribution in [0.15, 0.2) is 30.3 Å². The second-order valence-corrected chi connectivity index (χ2v) is 7.75.